The van der Waals surface area contributed by atoms with Gasteiger partial charge in [-0.25, -0.2) is 4.98 Å². The standard InChI is InChI=1S/C17H18N2O2S2/c1-17(2,3)14-9-23-16(18-14)13-8-11-6-10(7-15(20)19-22)4-5-12(11)21-13/h4-6,8-9,22H,7H2,1-3H3,(H,19,20). The average Bonchev–Trinajstić information content (AvgIpc) is 3.12. The topological polar surface area (TPSA) is 55.1 Å². The maximum absolute atomic E-state index is 11.4. The predicted octanol–water partition coefficient (Wildman–Crippen LogP) is 4.36. The Hall–Kier alpha value is -1.79. The number of carbonyl (C=O) groups excluding carboxylic acids is 1. The lowest BCUT2D eigenvalue weighted by Crippen LogP contribution is -2.14. The molecule has 0 aliphatic carbocycles. The van der Waals surface area contributed by atoms with Gasteiger partial charge in [-0.05, 0) is 23.8 Å². The molecular formula is C17H18N2O2S2. The molecule has 2 heterocycles. The van der Waals surface area contributed by atoms with E-state index in [9.17, 15) is 4.79 Å². The van der Waals surface area contributed by atoms with Gasteiger partial charge in [-0.1, -0.05) is 39.7 Å². The third-order valence-electron chi connectivity index (χ3n) is 3.55. The smallest absolute Gasteiger partial charge is 0.234 e. The van der Waals surface area contributed by atoms with Gasteiger partial charge < -0.3 is 9.14 Å². The molecule has 3 aromatic rings. The molecule has 23 heavy (non-hydrogen) atoms. The van der Waals surface area contributed by atoms with Gasteiger partial charge >= 0.3 is 0 Å². The first-order valence-corrected chi connectivity index (χ1v) is 8.61. The number of amides is 1. The first-order valence-electron chi connectivity index (χ1n) is 7.28. The van der Waals surface area contributed by atoms with Crippen LogP contribution in [0.25, 0.3) is 21.7 Å². The monoisotopic (exact) mass is 346 g/mol. The molecule has 0 spiro atoms. The fourth-order valence-electron chi connectivity index (χ4n) is 2.26. The van der Waals surface area contributed by atoms with Crippen molar-refractivity contribution in [2.45, 2.75) is 32.6 Å². The van der Waals surface area contributed by atoms with Gasteiger partial charge in [-0.15, -0.1) is 11.3 Å². The average molecular weight is 346 g/mol. The fraction of sp³-hybridized carbons (Fsp3) is 0.294. The van der Waals surface area contributed by atoms with E-state index in [2.05, 4.69) is 48.7 Å². The largest absolute Gasteiger partial charge is 0.454 e. The number of hydrogen-bond donors (Lipinski definition) is 2. The molecule has 4 nitrogen and oxygen atoms in total. The second kappa shape index (κ2) is 6.02. The van der Waals surface area contributed by atoms with Gasteiger partial charge in [-0.3, -0.25) is 4.79 Å². The molecular weight excluding hydrogens is 328 g/mol. The van der Waals surface area contributed by atoms with Crippen LogP contribution < -0.4 is 4.72 Å². The molecule has 0 bridgehead atoms. The van der Waals surface area contributed by atoms with Gasteiger partial charge in [0.25, 0.3) is 0 Å². The lowest BCUT2D eigenvalue weighted by Gasteiger charge is -2.13. The lowest BCUT2D eigenvalue weighted by atomic mass is 9.93. The number of aromatic nitrogens is 1. The molecule has 3 rings (SSSR count). The molecule has 1 N–H and O–H groups in total. The van der Waals surface area contributed by atoms with Crippen LogP contribution in [-0.4, -0.2) is 10.9 Å². The molecule has 0 aliphatic heterocycles. The van der Waals surface area contributed by atoms with Crippen molar-refractivity contribution in [1.29, 1.82) is 0 Å². The van der Waals surface area contributed by atoms with Crippen LogP contribution in [0.3, 0.4) is 0 Å². The van der Waals surface area contributed by atoms with Crippen LogP contribution in [0.2, 0.25) is 0 Å². The minimum atomic E-state index is -0.133. The lowest BCUT2D eigenvalue weighted by molar-refractivity contribution is -0.118. The molecule has 120 valence electrons. The van der Waals surface area contributed by atoms with Gasteiger partial charge in [0.2, 0.25) is 5.91 Å². The molecule has 2 aromatic heterocycles. The number of benzene rings is 1. The van der Waals surface area contributed by atoms with Crippen molar-refractivity contribution in [3.05, 3.63) is 40.9 Å². The van der Waals surface area contributed by atoms with Crippen molar-refractivity contribution in [2.24, 2.45) is 0 Å². The van der Waals surface area contributed by atoms with E-state index < -0.39 is 0 Å². The van der Waals surface area contributed by atoms with E-state index in [4.69, 9.17) is 4.42 Å². The summed E-state index contributed by atoms with van der Waals surface area (Å²) in [4.78, 5) is 16.1. The first-order chi connectivity index (χ1) is 10.9. The minimum absolute atomic E-state index is 0.0220. The van der Waals surface area contributed by atoms with Crippen molar-refractivity contribution in [3.8, 4) is 10.8 Å². The van der Waals surface area contributed by atoms with E-state index in [0.29, 0.717) is 6.42 Å². The van der Waals surface area contributed by atoms with E-state index in [1.165, 1.54) is 0 Å². The Morgan fingerprint density at radius 1 is 1.35 bits per heavy atom. The number of nitrogens with one attached hydrogen (secondary N) is 1. The highest BCUT2D eigenvalue weighted by Crippen LogP contribution is 2.33. The van der Waals surface area contributed by atoms with Crippen molar-refractivity contribution in [2.75, 3.05) is 0 Å². The highest BCUT2D eigenvalue weighted by Gasteiger charge is 2.19. The van der Waals surface area contributed by atoms with Gasteiger partial charge in [0.1, 0.15) is 5.58 Å². The molecule has 0 saturated heterocycles. The Morgan fingerprint density at radius 2 is 2.13 bits per heavy atom. The van der Waals surface area contributed by atoms with Crippen LogP contribution in [0.1, 0.15) is 32.0 Å². The number of thiazole rings is 1. The Kier molecular flexibility index (Phi) is 4.21. The molecule has 1 amide bonds. The zero-order valence-electron chi connectivity index (χ0n) is 13.2. The number of thiol groups is 1. The van der Waals surface area contributed by atoms with Crippen LogP contribution in [0.5, 0.6) is 0 Å². The van der Waals surface area contributed by atoms with Gasteiger partial charge in [0.15, 0.2) is 10.8 Å². The summed E-state index contributed by atoms with van der Waals surface area (Å²) in [5, 5.41) is 3.92. The summed E-state index contributed by atoms with van der Waals surface area (Å²) in [6.45, 7) is 6.43. The van der Waals surface area contributed by atoms with Crippen LogP contribution in [0.15, 0.2) is 34.1 Å². The van der Waals surface area contributed by atoms with Crippen LogP contribution in [0, 0.1) is 0 Å². The number of furan rings is 1. The van der Waals surface area contributed by atoms with E-state index >= 15 is 0 Å². The Bertz CT molecular complexity index is 859. The maximum atomic E-state index is 11.4. The maximum Gasteiger partial charge on any atom is 0.234 e. The number of hydrogen-bond acceptors (Lipinski definition) is 5. The van der Waals surface area contributed by atoms with Crippen molar-refractivity contribution < 1.29 is 9.21 Å². The molecule has 0 aliphatic rings. The van der Waals surface area contributed by atoms with E-state index in [0.717, 1.165) is 33.0 Å². The van der Waals surface area contributed by atoms with E-state index in [1.54, 1.807) is 11.3 Å². The zero-order valence-corrected chi connectivity index (χ0v) is 14.9. The summed E-state index contributed by atoms with van der Waals surface area (Å²) < 4.78 is 8.23. The highest BCUT2D eigenvalue weighted by molar-refractivity contribution is 7.78. The minimum Gasteiger partial charge on any atom is -0.454 e. The van der Waals surface area contributed by atoms with E-state index in [-0.39, 0.29) is 11.3 Å². The van der Waals surface area contributed by atoms with Crippen molar-refractivity contribution in [1.82, 2.24) is 9.71 Å². The molecule has 1 aromatic carbocycles. The predicted molar refractivity (Wildman–Crippen MR) is 96.9 cm³/mol. The van der Waals surface area contributed by atoms with Gasteiger partial charge in [-0.2, -0.15) is 0 Å². The van der Waals surface area contributed by atoms with Gasteiger partial charge in [0, 0.05) is 16.2 Å². The molecule has 0 radical (unpaired) electrons. The first kappa shape index (κ1) is 16.1. The van der Waals surface area contributed by atoms with Crippen LogP contribution in [0.4, 0.5) is 0 Å². The summed E-state index contributed by atoms with van der Waals surface area (Å²) in [6, 6.07) is 7.71. The summed E-state index contributed by atoms with van der Waals surface area (Å²) >= 11 is 5.36. The fourth-order valence-corrected chi connectivity index (χ4v) is 3.34. The summed E-state index contributed by atoms with van der Waals surface area (Å²) in [7, 11) is 0. The third kappa shape index (κ3) is 3.43. The second-order valence-corrected chi connectivity index (χ2v) is 7.56. The molecule has 0 fully saturated rings. The van der Waals surface area contributed by atoms with Crippen molar-refractivity contribution in [3.63, 3.8) is 0 Å². The number of fused-ring (bicyclic) bond motifs is 1. The number of nitrogens with zero attached hydrogens (tertiary/aromatic N) is 1. The molecule has 0 atom stereocenters. The quantitative estimate of drug-likeness (QED) is 0.693. The molecule has 6 heteroatoms. The van der Waals surface area contributed by atoms with E-state index in [1.807, 2.05) is 24.3 Å². The third-order valence-corrected chi connectivity index (χ3v) is 4.66. The normalized spacial score (nSPS) is 11.8. The van der Waals surface area contributed by atoms with Crippen molar-refractivity contribution >= 4 is 41.0 Å². The highest BCUT2D eigenvalue weighted by atomic mass is 32.1. The number of carbonyl (C=O) groups is 1. The number of rotatable bonds is 3. The molecule has 0 saturated carbocycles. The van der Waals surface area contributed by atoms with Crippen LogP contribution in [-0.2, 0) is 16.6 Å². The van der Waals surface area contributed by atoms with Gasteiger partial charge in [0.05, 0.1) is 12.1 Å². The Labute approximate surface area is 144 Å². The van der Waals surface area contributed by atoms with Crippen LogP contribution >= 0.6 is 24.2 Å². The SMILES string of the molecule is CC(C)(C)c1csc(-c2cc3cc(CC(=O)NS)ccc3o2)n1. The summed E-state index contributed by atoms with van der Waals surface area (Å²) in [5.74, 6) is 0.627. The zero-order chi connectivity index (χ0) is 16.6. The molecule has 0 unspecified atom stereocenters. The summed E-state index contributed by atoms with van der Waals surface area (Å²) in [6.07, 6.45) is 0.297. The Balaban J connectivity index is 1.93. The second-order valence-electron chi connectivity index (χ2n) is 6.48. The summed E-state index contributed by atoms with van der Waals surface area (Å²) in [5.41, 5.74) is 2.80. The Morgan fingerprint density at radius 3 is 2.78 bits per heavy atom.